The van der Waals surface area contributed by atoms with Crippen LogP contribution in [0.3, 0.4) is 0 Å². The maximum absolute atomic E-state index is 13.0. The number of amides is 2. The van der Waals surface area contributed by atoms with Gasteiger partial charge in [0.25, 0.3) is 5.91 Å². The van der Waals surface area contributed by atoms with Crippen LogP contribution in [0.2, 0.25) is 0 Å². The summed E-state index contributed by atoms with van der Waals surface area (Å²) in [7, 11) is 0. The lowest BCUT2D eigenvalue weighted by Crippen LogP contribution is -2.56. The second-order valence-electron chi connectivity index (χ2n) is 8.87. The van der Waals surface area contributed by atoms with Crippen LogP contribution in [-0.2, 0) is 25.7 Å². The van der Waals surface area contributed by atoms with E-state index in [2.05, 4.69) is 15.6 Å². The molecular weight excluding hydrogens is 446 g/mol. The molecule has 3 rings (SSSR count). The minimum Gasteiger partial charge on any atom is -0.374 e. The van der Waals surface area contributed by atoms with Gasteiger partial charge in [-0.3, -0.25) is 14.4 Å². The summed E-state index contributed by atoms with van der Waals surface area (Å²) in [4.78, 5) is 42.0. The number of hydrogen-bond acceptors (Lipinski definition) is 6. The van der Waals surface area contributed by atoms with Crippen LogP contribution in [0.15, 0.2) is 73.2 Å². The van der Waals surface area contributed by atoms with Crippen molar-refractivity contribution in [2.24, 2.45) is 5.73 Å². The van der Waals surface area contributed by atoms with E-state index in [1.165, 1.54) is 13.3 Å². The maximum atomic E-state index is 13.0. The highest BCUT2D eigenvalue weighted by Gasteiger charge is 2.29. The van der Waals surface area contributed by atoms with Gasteiger partial charge in [-0.1, -0.05) is 60.7 Å². The van der Waals surface area contributed by atoms with Gasteiger partial charge in [-0.25, -0.2) is 4.98 Å². The molecule has 9 nitrogen and oxygen atoms in total. The predicted molar refractivity (Wildman–Crippen MR) is 132 cm³/mol. The van der Waals surface area contributed by atoms with Gasteiger partial charge in [0.1, 0.15) is 12.1 Å². The number of nitrogens with one attached hydrogen (secondary N) is 2. The number of ether oxygens (including phenoxy) is 1. The highest BCUT2D eigenvalue weighted by atomic mass is 16.5. The maximum Gasteiger partial charge on any atom is 0.250 e. The van der Waals surface area contributed by atoms with Gasteiger partial charge in [-0.05, 0) is 31.9 Å². The van der Waals surface area contributed by atoms with E-state index in [-0.39, 0.29) is 24.8 Å². The zero-order valence-electron chi connectivity index (χ0n) is 20.1. The van der Waals surface area contributed by atoms with E-state index in [1.54, 1.807) is 24.6 Å². The number of aromatic nitrogens is 2. The van der Waals surface area contributed by atoms with Gasteiger partial charge < -0.3 is 25.7 Å². The number of nitrogens with two attached hydrogens (primary N) is 1. The third-order valence-electron chi connectivity index (χ3n) is 5.25. The van der Waals surface area contributed by atoms with Crippen molar-refractivity contribution in [1.29, 1.82) is 0 Å². The van der Waals surface area contributed by atoms with Crippen molar-refractivity contribution < 1.29 is 19.1 Å². The van der Waals surface area contributed by atoms with E-state index in [1.807, 2.05) is 60.7 Å². The highest BCUT2D eigenvalue weighted by Crippen LogP contribution is 2.21. The Morgan fingerprint density at radius 1 is 1.06 bits per heavy atom. The van der Waals surface area contributed by atoms with Gasteiger partial charge >= 0.3 is 0 Å². The second-order valence-corrected chi connectivity index (χ2v) is 8.87. The van der Waals surface area contributed by atoms with Crippen LogP contribution in [0.4, 0.5) is 5.82 Å². The van der Waals surface area contributed by atoms with E-state index in [9.17, 15) is 14.4 Å². The molecule has 0 aliphatic heterocycles. The Morgan fingerprint density at radius 3 is 2.29 bits per heavy atom. The molecule has 0 aliphatic rings. The first-order valence-corrected chi connectivity index (χ1v) is 11.3. The number of hydrogen-bond donors (Lipinski definition) is 3. The van der Waals surface area contributed by atoms with Gasteiger partial charge in [-0.15, -0.1) is 0 Å². The average molecular weight is 478 g/mol. The number of carbonyl (C=O) groups is 3. The number of nitrogens with zero attached hydrogens (tertiary/aromatic N) is 2. The molecule has 2 aromatic carbocycles. The zero-order valence-corrected chi connectivity index (χ0v) is 20.1. The summed E-state index contributed by atoms with van der Waals surface area (Å²) in [5, 5.41) is 5.34. The van der Waals surface area contributed by atoms with E-state index >= 15 is 0 Å². The summed E-state index contributed by atoms with van der Waals surface area (Å²) < 4.78 is 7.34. The van der Waals surface area contributed by atoms with Gasteiger partial charge in [0.2, 0.25) is 5.91 Å². The molecule has 3 aromatic rings. The van der Waals surface area contributed by atoms with E-state index < -0.39 is 29.4 Å². The molecule has 2 amide bonds. The number of Topliss-reactive ketones (excluding diaryl/α,β-unsaturated/α-hetero) is 1. The highest BCUT2D eigenvalue weighted by molar-refractivity contribution is 5.98. The van der Waals surface area contributed by atoms with Crippen molar-refractivity contribution in [3.63, 3.8) is 0 Å². The SMILES string of the molecule is CC(=O)C(c1ccccc1)n1cnc(NC(=O)[C@@H](COCc2ccccc2)NC(=O)C(C)(C)N)c1. The Hall–Kier alpha value is -3.82. The van der Waals surface area contributed by atoms with Crippen molar-refractivity contribution in [3.05, 3.63) is 84.3 Å². The van der Waals surface area contributed by atoms with Gasteiger partial charge in [0.05, 0.1) is 25.1 Å². The molecule has 184 valence electrons. The number of imidazole rings is 1. The summed E-state index contributed by atoms with van der Waals surface area (Å²) in [6.07, 6.45) is 3.06. The molecule has 0 fully saturated rings. The summed E-state index contributed by atoms with van der Waals surface area (Å²) in [6, 6.07) is 17.2. The third-order valence-corrected chi connectivity index (χ3v) is 5.25. The largest absolute Gasteiger partial charge is 0.374 e. The van der Waals surface area contributed by atoms with Crippen LogP contribution in [0.25, 0.3) is 0 Å². The first-order valence-electron chi connectivity index (χ1n) is 11.3. The molecule has 0 saturated heterocycles. The lowest BCUT2D eigenvalue weighted by Gasteiger charge is -2.23. The molecule has 0 bridgehead atoms. The minimum atomic E-state index is -1.18. The lowest BCUT2D eigenvalue weighted by molar-refractivity contribution is -0.130. The summed E-state index contributed by atoms with van der Waals surface area (Å²) in [5.74, 6) is -0.838. The molecule has 9 heteroatoms. The van der Waals surface area contributed by atoms with Crippen LogP contribution in [0.1, 0.15) is 37.9 Å². The van der Waals surface area contributed by atoms with Crippen molar-refractivity contribution in [3.8, 4) is 0 Å². The Balaban J connectivity index is 1.71. The summed E-state index contributed by atoms with van der Waals surface area (Å²) >= 11 is 0. The topological polar surface area (TPSA) is 128 Å². The van der Waals surface area contributed by atoms with Crippen LogP contribution in [-0.4, -0.2) is 45.3 Å². The molecule has 0 saturated carbocycles. The molecule has 35 heavy (non-hydrogen) atoms. The minimum absolute atomic E-state index is 0.0661. The van der Waals surface area contributed by atoms with Crippen molar-refractivity contribution in [2.75, 3.05) is 11.9 Å². The summed E-state index contributed by atoms with van der Waals surface area (Å²) in [5.41, 5.74) is 6.45. The molecule has 0 radical (unpaired) electrons. The average Bonchev–Trinajstić information content (AvgIpc) is 3.26. The van der Waals surface area contributed by atoms with Crippen LogP contribution in [0.5, 0.6) is 0 Å². The van der Waals surface area contributed by atoms with Gasteiger partial charge in [0, 0.05) is 6.20 Å². The first-order chi connectivity index (χ1) is 16.6. The van der Waals surface area contributed by atoms with Crippen LogP contribution < -0.4 is 16.4 Å². The molecule has 4 N–H and O–H groups in total. The standard InChI is InChI=1S/C26H31N5O4/c1-18(32)23(20-12-8-5-9-13-20)31-14-22(28-17-31)30-24(33)21(29-25(34)26(2,3)27)16-35-15-19-10-6-4-7-11-19/h4-14,17,21,23H,15-16,27H2,1-3H3,(H,29,34)(H,30,33)/t21-,23?/m1/s1. The van der Waals surface area contributed by atoms with Crippen molar-refractivity contribution in [2.45, 2.75) is 45.0 Å². The molecular formula is C26H31N5O4. The Labute approximate surface area is 204 Å². The van der Waals surface area contributed by atoms with Gasteiger partial charge in [-0.2, -0.15) is 0 Å². The van der Waals surface area contributed by atoms with Crippen LogP contribution in [0, 0.1) is 0 Å². The Kier molecular flexibility index (Phi) is 8.51. The normalized spacial score (nSPS) is 13.0. The van der Waals surface area contributed by atoms with E-state index in [0.29, 0.717) is 0 Å². The number of carbonyl (C=O) groups excluding carboxylic acids is 3. The fourth-order valence-electron chi connectivity index (χ4n) is 3.40. The van der Waals surface area contributed by atoms with E-state index in [4.69, 9.17) is 10.5 Å². The molecule has 1 heterocycles. The zero-order chi connectivity index (χ0) is 25.4. The molecule has 2 atom stereocenters. The predicted octanol–water partition coefficient (Wildman–Crippen LogP) is 2.44. The fourth-order valence-corrected chi connectivity index (χ4v) is 3.40. The van der Waals surface area contributed by atoms with Crippen molar-refractivity contribution in [1.82, 2.24) is 14.9 Å². The first kappa shape index (κ1) is 25.8. The van der Waals surface area contributed by atoms with E-state index in [0.717, 1.165) is 11.1 Å². The summed E-state index contributed by atoms with van der Waals surface area (Å²) in [6.45, 7) is 4.81. The molecule has 0 aliphatic carbocycles. The van der Waals surface area contributed by atoms with Crippen molar-refractivity contribution >= 4 is 23.4 Å². The fraction of sp³-hybridized carbons (Fsp3) is 0.308. The monoisotopic (exact) mass is 477 g/mol. The van der Waals surface area contributed by atoms with Gasteiger partial charge in [0.15, 0.2) is 11.6 Å². The quantitative estimate of drug-likeness (QED) is 0.389. The molecule has 1 unspecified atom stereocenters. The lowest BCUT2D eigenvalue weighted by atomic mass is 10.0. The molecule has 1 aromatic heterocycles. The number of benzene rings is 2. The third kappa shape index (κ3) is 7.33. The number of rotatable bonds is 11. The Bertz CT molecular complexity index is 1140. The number of anilines is 1. The second kappa shape index (κ2) is 11.5. The van der Waals surface area contributed by atoms with Crippen LogP contribution >= 0.6 is 0 Å². The Morgan fingerprint density at radius 2 is 1.69 bits per heavy atom. The number of ketones is 1. The smallest absolute Gasteiger partial charge is 0.250 e. The molecule has 0 spiro atoms.